The second-order valence-electron chi connectivity index (χ2n) is 3.30. The molecule has 0 radical (unpaired) electrons. The molecule has 0 aliphatic carbocycles. The zero-order valence-corrected chi connectivity index (χ0v) is 8.88. The first kappa shape index (κ1) is 11.8. The molecule has 18 heavy (non-hydrogen) atoms. The Morgan fingerprint density at radius 1 is 1.28 bits per heavy atom. The van der Waals surface area contributed by atoms with Crippen molar-refractivity contribution in [2.24, 2.45) is 0 Å². The van der Waals surface area contributed by atoms with Crippen molar-refractivity contribution in [2.45, 2.75) is 0 Å². The molecule has 6 nitrogen and oxygen atoms in total. The number of amides is 1. The summed E-state index contributed by atoms with van der Waals surface area (Å²) in [4.78, 5) is 25.7. The molecule has 92 valence electrons. The molecule has 0 bridgehead atoms. The highest BCUT2D eigenvalue weighted by atomic mass is 19.1. The molecule has 1 amide bonds. The first-order valence-corrected chi connectivity index (χ1v) is 4.82. The van der Waals surface area contributed by atoms with Gasteiger partial charge in [-0.15, -0.1) is 0 Å². The number of nitrogens with zero attached hydrogens (tertiary/aromatic N) is 1. The third-order valence-corrected chi connectivity index (χ3v) is 2.05. The Labute approximate surface area is 100 Å². The standard InChI is InChI=1S/C11H7FN2O4/c12-7-3-1-6(2-4-7)9(15)14-11-13-8(5-18-11)10(16)17/h1-5H,(H,16,17)(H,13,14,15). The van der Waals surface area contributed by atoms with Crippen LogP contribution in [0, 0.1) is 5.82 Å². The van der Waals surface area contributed by atoms with Crippen LogP contribution < -0.4 is 5.32 Å². The molecular weight excluding hydrogens is 243 g/mol. The Bertz CT molecular complexity index is 591. The van der Waals surface area contributed by atoms with Crippen molar-refractivity contribution < 1.29 is 23.5 Å². The van der Waals surface area contributed by atoms with Crippen molar-refractivity contribution in [3.8, 4) is 0 Å². The lowest BCUT2D eigenvalue weighted by atomic mass is 10.2. The van der Waals surface area contributed by atoms with Crippen LogP contribution in [-0.4, -0.2) is 22.0 Å². The third-order valence-electron chi connectivity index (χ3n) is 2.05. The molecule has 7 heteroatoms. The summed E-state index contributed by atoms with van der Waals surface area (Å²) in [6, 6.07) is 4.60. The number of hydrogen-bond acceptors (Lipinski definition) is 4. The minimum absolute atomic E-state index is 0.200. The summed E-state index contributed by atoms with van der Waals surface area (Å²) >= 11 is 0. The van der Waals surface area contributed by atoms with Gasteiger partial charge in [0.05, 0.1) is 0 Å². The van der Waals surface area contributed by atoms with Gasteiger partial charge in [0.2, 0.25) is 0 Å². The molecule has 0 saturated heterocycles. The fourth-order valence-electron chi connectivity index (χ4n) is 1.20. The molecule has 2 N–H and O–H groups in total. The number of carboxylic acids is 1. The second kappa shape index (κ2) is 4.66. The van der Waals surface area contributed by atoms with Crippen molar-refractivity contribution in [3.05, 3.63) is 47.6 Å². The maximum Gasteiger partial charge on any atom is 0.357 e. The normalized spacial score (nSPS) is 10.1. The number of aromatic carboxylic acids is 1. The highest BCUT2D eigenvalue weighted by molar-refractivity contribution is 6.03. The van der Waals surface area contributed by atoms with Gasteiger partial charge >= 0.3 is 12.0 Å². The fraction of sp³-hybridized carbons (Fsp3) is 0. The van der Waals surface area contributed by atoms with Crippen LogP contribution in [-0.2, 0) is 0 Å². The Hall–Kier alpha value is -2.70. The van der Waals surface area contributed by atoms with Crippen LogP contribution in [0.25, 0.3) is 0 Å². The third kappa shape index (κ3) is 2.51. The minimum atomic E-state index is -1.26. The number of halogens is 1. The summed E-state index contributed by atoms with van der Waals surface area (Å²) in [5.41, 5.74) is -0.115. The number of aromatic nitrogens is 1. The molecule has 0 atom stereocenters. The topological polar surface area (TPSA) is 92.4 Å². The summed E-state index contributed by atoms with van der Waals surface area (Å²) in [7, 11) is 0. The number of anilines is 1. The molecule has 1 aromatic carbocycles. The first-order chi connectivity index (χ1) is 8.56. The number of benzene rings is 1. The van der Waals surface area contributed by atoms with Crippen LogP contribution in [0.4, 0.5) is 10.4 Å². The van der Waals surface area contributed by atoms with Gasteiger partial charge in [0.1, 0.15) is 12.1 Å². The van der Waals surface area contributed by atoms with Gasteiger partial charge in [-0.05, 0) is 24.3 Å². The average Bonchev–Trinajstić information content (AvgIpc) is 2.78. The maximum absolute atomic E-state index is 12.6. The van der Waals surface area contributed by atoms with E-state index < -0.39 is 17.7 Å². The van der Waals surface area contributed by atoms with Gasteiger partial charge in [-0.25, -0.2) is 9.18 Å². The number of carbonyl (C=O) groups is 2. The molecule has 2 aromatic rings. The lowest BCUT2D eigenvalue weighted by Crippen LogP contribution is -2.12. The predicted molar refractivity (Wildman–Crippen MR) is 57.8 cm³/mol. The number of carbonyl (C=O) groups excluding carboxylic acids is 1. The molecule has 0 saturated carbocycles. The number of oxazole rings is 1. The highest BCUT2D eigenvalue weighted by Crippen LogP contribution is 2.10. The van der Waals surface area contributed by atoms with Crippen LogP contribution in [0.5, 0.6) is 0 Å². The molecule has 1 aromatic heterocycles. The van der Waals surface area contributed by atoms with E-state index in [0.717, 1.165) is 18.4 Å². The van der Waals surface area contributed by atoms with E-state index in [9.17, 15) is 14.0 Å². The Morgan fingerprint density at radius 3 is 2.50 bits per heavy atom. The van der Waals surface area contributed by atoms with E-state index >= 15 is 0 Å². The van der Waals surface area contributed by atoms with Gasteiger partial charge in [-0.1, -0.05) is 0 Å². The molecule has 0 spiro atoms. The second-order valence-corrected chi connectivity index (χ2v) is 3.30. The van der Waals surface area contributed by atoms with Gasteiger partial charge in [0.15, 0.2) is 5.69 Å². The number of nitrogens with one attached hydrogen (secondary N) is 1. The Balaban J connectivity index is 2.11. The summed E-state index contributed by atoms with van der Waals surface area (Å²) in [6.45, 7) is 0. The molecule has 1 heterocycles. The van der Waals surface area contributed by atoms with Crippen molar-refractivity contribution in [2.75, 3.05) is 5.32 Å². The monoisotopic (exact) mass is 250 g/mol. The summed E-state index contributed by atoms with van der Waals surface area (Å²) in [5, 5.41) is 10.9. The molecular formula is C11H7FN2O4. The average molecular weight is 250 g/mol. The SMILES string of the molecule is O=C(Nc1nc(C(=O)O)co1)c1ccc(F)cc1. The molecule has 0 unspecified atom stereocenters. The zero-order chi connectivity index (χ0) is 13.1. The summed E-state index contributed by atoms with van der Waals surface area (Å²) < 4.78 is 17.4. The number of carboxylic acid groups (broad SMARTS) is 1. The molecule has 0 fully saturated rings. The smallest absolute Gasteiger partial charge is 0.357 e. The number of rotatable bonds is 3. The Kier molecular flexibility index (Phi) is 3.05. The van der Waals surface area contributed by atoms with E-state index in [1.165, 1.54) is 12.1 Å². The van der Waals surface area contributed by atoms with Gasteiger partial charge < -0.3 is 9.52 Å². The van der Waals surface area contributed by atoms with Crippen molar-refractivity contribution in [3.63, 3.8) is 0 Å². The summed E-state index contributed by atoms with van der Waals surface area (Å²) in [5.74, 6) is -2.30. The van der Waals surface area contributed by atoms with Crippen LogP contribution >= 0.6 is 0 Å². The molecule has 0 aliphatic heterocycles. The van der Waals surface area contributed by atoms with Gasteiger partial charge in [-0.2, -0.15) is 4.98 Å². The largest absolute Gasteiger partial charge is 0.476 e. The maximum atomic E-state index is 12.6. The minimum Gasteiger partial charge on any atom is -0.476 e. The summed E-state index contributed by atoms with van der Waals surface area (Å²) in [6.07, 6.45) is 0.905. The van der Waals surface area contributed by atoms with Crippen LogP contribution in [0.2, 0.25) is 0 Å². The lowest BCUT2D eigenvalue weighted by Gasteiger charge is -2.00. The first-order valence-electron chi connectivity index (χ1n) is 4.82. The van der Waals surface area contributed by atoms with Gasteiger partial charge in [-0.3, -0.25) is 10.1 Å². The van der Waals surface area contributed by atoms with E-state index in [-0.39, 0.29) is 17.3 Å². The van der Waals surface area contributed by atoms with E-state index in [4.69, 9.17) is 9.52 Å². The van der Waals surface area contributed by atoms with E-state index in [0.29, 0.717) is 0 Å². The van der Waals surface area contributed by atoms with E-state index in [2.05, 4.69) is 10.3 Å². The predicted octanol–water partition coefficient (Wildman–Crippen LogP) is 1.76. The van der Waals surface area contributed by atoms with Crippen LogP contribution in [0.1, 0.15) is 20.8 Å². The quantitative estimate of drug-likeness (QED) is 0.865. The van der Waals surface area contributed by atoms with E-state index in [1.807, 2.05) is 0 Å². The lowest BCUT2D eigenvalue weighted by molar-refractivity contribution is 0.0690. The molecule has 0 aliphatic rings. The van der Waals surface area contributed by atoms with Crippen molar-refractivity contribution in [1.29, 1.82) is 0 Å². The van der Waals surface area contributed by atoms with Crippen LogP contribution in [0.15, 0.2) is 34.9 Å². The van der Waals surface area contributed by atoms with Gasteiger partial charge in [0.25, 0.3) is 5.91 Å². The zero-order valence-electron chi connectivity index (χ0n) is 8.88. The Morgan fingerprint density at radius 2 is 1.94 bits per heavy atom. The fourth-order valence-corrected chi connectivity index (χ4v) is 1.20. The van der Waals surface area contributed by atoms with Gasteiger partial charge in [0, 0.05) is 5.56 Å². The van der Waals surface area contributed by atoms with Crippen LogP contribution in [0.3, 0.4) is 0 Å². The molecule has 2 rings (SSSR count). The van der Waals surface area contributed by atoms with E-state index in [1.54, 1.807) is 0 Å². The van der Waals surface area contributed by atoms with Crippen molar-refractivity contribution in [1.82, 2.24) is 4.98 Å². The number of hydrogen-bond donors (Lipinski definition) is 2. The van der Waals surface area contributed by atoms with Crippen molar-refractivity contribution >= 4 is 17.9 Å². The highest BCUT2D eigenvalue weighted by Gasteiger charge is 2.13.